The van der Waals surface area contributed by atoms with Gasteiger partial charge in [-0.15, -0.1) is 0 Å². The minimum absolute atomic E-state index is 0.149. The average Bonchev–Trinajstić information content (AvgIpc) is 2.46. The summed E-state index contributed by atoms with van der Waals surface area (Å²) < 4.78 is 63.8. The second-order valence-electron chi connectivity index (χ2n) is 5.07. The Labute approximate surface area is 121 Å². The summed E-state index contributed by atoms with van der Waals surface area (Å²) >= 11 is 0. The Morgan fingerprint density at radius 2 is 1.71 bits per heavy atom. The fraction of sp³-hybridized carbons (Fsp3) is 0.538. The number of sulfonamides is 1. The van der Waals surface area contributed by atoms with Gasteiger partial charge < -0.3 is 5.32 Å². The molecule has 1 saturated heterocycles. The molecule has 0 atom stereocenters. The maximum atomic E-state index is 12.4. The molecule has 1 aliphatic rings. The van der Waals surface area contributed by atoms with Gasteiger partial charge in [-0.05, 0) is 56.1 Å². The number of nitrogens with one attached hydrogen (secondary N) is 2. The molecule has 0 aromatic heterocycles. The van der Waals surface area contributed by atoms with Crippen LogP contribution >= 0.6 is 0 Å². The molecule has 1 aliphatic heterocycles. The molecule has 0 amide bonds. The maximum absolute atomic E-state index is 12.4. The molecule has 0 aliphatic carbocycles. The first-order valence-electron chi connectivity index (χ1n) is 6.67. The van der Waals surface area contributed by atoms with Crippen LogP contribution in [0.15, 0.2) is 29.2 Å². The van der Waals surface area contributed by atoms with E-state index in [4.69, 9.17) is 0 Å². The molecule has 2 rings (SSSR count). The number of halogens is 3. The fourth-order valence-electron chi connectivity index (χ4n) is 2.22. The Hall–Kier alpha value is -1.12. The summed E-state index contributed by atoms with van der Waals surface area (Å²) in [6, 6.07) is 3.51. The molecular weight excluding hydrogens is 305 g/mol. The van der Waals surface area contributed by atoms with Gasteiger partial charge in [0, 0.05) is 6.54 Å². The molecule has 8 heteroatoms. The number of hydrogen-bond acceptors (Lipinski definition) is 3. The SMILES string of the molecule is O=S(=O)(NCC1CCNCC1)c1ccc(C(F)(F)F)cc1. The largest absolute Gasteiger partial charge is 0.416 e. The van der Waals surface area contributed by atoms with Crippen molar-refractivity contribution in [1.82, 2.24) is 10.0 Å². The Morgan fingerprint density at radius 1 is 1.14 bits per heavy atom. The van der Waals surface area contributed by atoms with Crippen LogP contribution in [0.5, 0.6) is 0 Å². The van der Waals surface area contributed by atoms with Crippen LogP contribution in [0.25, 0.3) is 0 Å². The van der Waals surface area contributed by atoms with E-state index in [0.717, 1.165) is 50.2 Å². The quantitative estimate of drug-likeness (QED) is 0.891. The highest BCUT2D eigenvalue weighted by molar-refractivity contribution is 7.89. The summed E-state index contributed by atoms with van der Waals surface area (Å²) in [7, 11) is -3.76. The normalized spacial score (nSPS) is 17.9. The van der Waals surface area contributed by atoms with Gasteiger partial charge in [-0.25, -0.2) is 13.1 Å². The van der Waals surface area contributed by atoms with Crippen LogP contribution in [0.4, 0.5) is 13.2 Å². The van der Waals surface area contributed by atoms with Crippen molar-refractivity contribution < 1.29 is 21.6 Å². The second-order valence-corrected chi connectivity index (χ2v) is 6.83. The topological polar surface area (TPSA) is 58.2 Å². The average molecular weight is 322 g/mol. The van der Waals surface area contributed by atoms with Crippen LogP contribution < -0.4 is 10.0 Å². The van der Waals surface area contributed by atoms with Crippen molar-refractivity contribution in [1.29, 1.82) is 0 Å². The third-order valence-electron chi connectivity index (χ3n) is 3.51. The lowest BCUT2D eigenvalue weighted by atomic mass is 9.99. The van der Waals surface area contributed by atoms with E-state index >= 15 is 0 Å². The number of benzene rings is 1. The Balaban J connectivity index is 2.01. The first-order valence-corrected chi connectivity index (χ1v) is 8.15. The molecule has 2 N–H and O–H groups in total. The predicted octanol–water partition coefficient (Wildman–Crippen LogP) is 1.98. The number of piperidine rings is 1. The molecule has 0 spiro atoms. The van der Waals surface area contributed by atoms with E-state index in [9.17, 15) is 21.6 Å². The van der Waals surface area contributed by atoms with Crippen molar-refractivity contribution in [2.75, 3.05) is 19.6 Å². The van der Waals surface area contributed by atoms with E-state index in [1.54, 1.807) is 0 Å². The van der Waals surface area contributed by atoms with Crippen LogP contribution in [0.1, 0.15) is 18.4 Å². The van der Waals surface area contributed by atoms with Gasteiger partial charge in [-0.3, -0.25) is 0 Å². The zero-order valence-corrected chi connectivity index (χ0v) is 12.1. The summed E-state index contributed by atoms with van der Waals surface area (Å²) in [6.07, 6.45) is -2.70. The number of hydrogen-bond donors (Lipinski definition) is 2. The van der Waals surface area contributed by atoms with Crippen LogP contribution in [-0.2, 0) is 16.2 Å². The van der Waals surface area contributed by atoms with Crippen LogP contribution in [0.3, 0.4) is 0 Å². The zero-order chi connectivity index (χ0) is 15.5. The third kappa shape index (κ3) is 4.42. The van der Waals surface area contributed by atoms with Crippen LogP contribution in [0, 0.1) is 5.92 Å². The number of rotatable bonds is 4. The van der Waals surface area contributed by atoms with Gasteiger partial charge in [0.15, 0.2) is 0 Å². The monoisotopic (exact) mass is 322 g/mol. The molecule has 0 saturated carbocycles. The Bertz CT molecular complexity index is 564. The predicted molar refractivity (Wildman–Crippen MR) is 72.2 cm³/mol. The van der Waals surface area contributed by atoms with E-state index in [1.165, 1.54) is 0 Å². The summed E-state index contributed by atoms with van der Waals surface area (Å²) in [5.74, 6) is 0.260. The second kappa shape index (κ2) is 6.33. The number of alkyl halides is 3. The van der Waals surface area contributed by atoms with Gasteiger partial charge in [0.2, 0.25) is 10.0 Å². The fourth-order valence-corrected chi connectivity index (χ4v) is 3.34. The van der Waals surface area contributed by atoms with Gasteiger partial charge in [-0.2, -0.15) is 13.2 Å². The highest BCUT2D eigenvalue weighted by Gasteiger charge is 2.30. The summed E-state index contributed by atoms with van der Waals surface area (Å²) in [4.78, 5) is -0.149. The van der Waals surface area contributed by atoms with Crippen molar-refractivity contribution in [3.8, 4) is 0 Å². The van der Waals surface area contributed by atoms with Crippen molar-refractivity contribution >= 4 is 10.0 Å². The Kier molecular flexibility index (Phi) is 4.90. The molecule has 0 bridgehead atoms. The molecule has 0 unspecified atom stereocenters. The maximum Gasteiger partial charge on any atom is 0.416 e. The molecule has 1 fully saturated rings. The minimum atomic E-state index is -4.47. The lowest BCUT2D eigenvalue weighted by Gasteiger charge is -2.22. The third-order valence-corrected chi connectivity index (χ3v) is 4.95. The first-order chi connectivity index (χ1) is 9.79. The molecule has 21 heavy (non-hydrogen) atoms. The molecule has 1 aromatic rings. The standard InChI is InChI=1S/C13H17F3N2O2S/c14-13(15,16)11-1-3-12(4-2-11)21(19,20)18-9-10-5-7-17-8-6-10/h1-4,10,17-18H,5-9H2. The molecule has 118 valence electrons. The van der Waals surface area contributed by atoms with Gasteiger partial charge in [0.1, 0.15) is 0 Å². The van der Waals surface area contributed by atoms with Crippen LogP contribution in [-0.4, -0.2) is 28.1 Å². The van der Waals surface area contributed by atoms with Crippen molar-refractivity contribution in [2.24, 2.45) is 5.92 Å². The summed E-state index contributed by atoms with van der Waals surface area (Å²) in [5, 5.41) is 3.18. The molecule has 1 heterocycles. The lowest BCUT2D eigenvalue weighted by molar-refractivity contribution is -0.137. The van der Waals surface area contributed by atoms with E-state index in [-0.39, 0.29) is 10.8 Å². The molecule has 0 radical (unpaired) electrons. The van der Waals surface area contributed by atoms with E-state index in [0.29, 0.717) is 6.54 Å². The highest BCUT2D eigenvalue weighted by atomic mass is 32.2. The van der Waals surface area contributed by atoms with E-state index in [2.05, 4.69) is 10.0 Å². The molecule has 1 aromatic carbocycles. The zero-order valence-electron chi connectivity index (χ0n) is 11.3. The van der Waals surface area contributed by atoms with Gasteiger partial charge in [0.25, 0.3) is 0 Å². The summed E-state index contributed by atoms with van der Waals surface area (Å²) in [5.41, 5.74) is -0.861. The summed E-state index contributed by atoms with van der Waals surface area (Å²) in [6.45, 7) is 2.02. The van der Waals surface area contributed by atoms with E-state index < -0.39 is 21.8 Å². The van der Waals surface area contributed by atoms with Crippen molar-refractivity contribution in [3.63, 3.8) is 0 Å². The first kappa shape index (κ1) is 16.3. The van der Waals surface area contributed by atoms with Gasteiger partial charge >= 0.3 is 6.18 Å². The van der Waals surface area contributed by atoms with E-state index in [1.807, 2.05) is 0 Å². The van der Waals surface area contributed by atoms with Crippen molar-refractivity contribution in [3.05, 3.63) is 29.8 Å². The minimum Gasteiger partial charge on any atom is -0.317 e. The Morgan fingerprint density at radius 3 is 2.24 bits per heavy atom. The van der Waals surface area contributed by atoms with Crippen molar-refractivity contribution in [2.45, 2.75) is 23.9 Å². The molecular formula is C13H17F3N2O2S. The lowest BCUT2D eigenvalue weighted by Crippen LogP contribution is -2.35. The smallest absolute Gasteiger partial charge is 0.317 e. The van der Waals surface area contributed by atoms with Gasteiger partial charge in [0.05, 0.1) is 10.5 Å². The van der Waals surface area contributed by atoms with Crippen LogP contribution in [0.2, 0.25) is 0 Å². The molecule has 4 nitrogen and oxygen atoms in total. The highest BCUT2D eigenvalue weighted by Crippen LogP contribution is 2.29. The van der Waals surface area contributed by atoms with Gasteiger partial charge in [-0.1, -0.05) is 0 Å².